The number of hydrogen-bond donors (Lipinski definition) is 0. The Labute approximate surface area is 113 Å². The van der Waals surface area contributed by atoms with Crippen molar-refractivity contribution in [2.75, 3.05) is 13.1 Å². The Balaban J connectivity index is 1.97. The van der Waals surface area contributed by atoms with Crippen molar-refractivity contribution in [1.29, 1.82) is 0 Å². The summed E-state index contributed by atoms with van der Waals surface area (Å²) in [4.78, 5) is 14.1. The van der Waals surface area contributed by atoms with E-state index in [9.17, 15) is 4.79 Å². The second kappa shape index (κ2) is 5.72. The maximum atomic E-state index is 12.2. The second-order valence-electron chi connectivity index (χ2n) is 4.86. The first-order valence-electron chi connectivity index (χ1n) is 6.22. The van der Waals surface area contributed by atoms with Crippen LogP contribution in [0.5, 0.6) is 0 Å². The quantitative estimate of drug-likeness (QED) is 0.824. The zero-order valence-corrected chi connectivity index (χ0v) is 11.5. The molecule has 2 rings (SSSR count). The van der Waals surface area contributed by atoms with Crippen molar-refractivity contribution < 1.29 is 9.53 Å². The van der Waals surface area contributed by atoms with Crippen molar-refractivity contribution in [3.8, 4) is 0 Å². The lowest BCUT2D eigenvalue weighted by atomic mass is 10.1. The van der Waals surface area contributed by atoms with Crippen LogP contribution >= 0.6 is 11.6 Å². The molecule has 0 aromatic heterocycles. The number of amides is 1. The number of morpholine rings is 1. The van der Waals surface area contributed by atoms with E-state index < -0.39 is 0 Å². The van der Waals surface area contributed by atoms with Crippen molar-refractivity contribution in [3.05, 3.63) is 34.9 Å². The lowest BCUT2D eigenvalue weighted by Crippen LogP contribution is -2.48. The summed E-state index contributed by atoms with van der Waals surface area (Å²) in [7, 11) is 0. The van der Waals surface area contributed by atoms with E-state index in [4.69, 9.17) is 16.3 Å². The number of nitrogens with zero attached hydrogens (tertiary/aromatic N) is 1. The first kappa shape index (κ1) is 13.4. The van der Waals surface area contributed by atoms with Gasteiger partial charge in [-0.2, -0.15) is 0 Å². The van der Waals surface area contributed by atoms with Crippen LogP contribution in [0.1, 0.15) is 19.4 Å². The molecule has 0 unspecified atom stereocenters. The van der Waals surface area contributed by atoms with E-state index in [0.29, 0.717) is 24.5 Å². The molecule has 1 saturated heterocycles. The lowest BCUT2D eigenvalue weighted by molar-refractivity contribution is -0.142. The molecule has 0 saturated carbocycles. The Morgan fingerprint density at radius 3 is 2.39 bits per heavy atom. The molecule has 18 heavy (non-hydrogen) atoms. The molecule has 1 fully saturated rings. The van der Waals surface area contributed by atoms with E-state index in [2.05, 4.69) is 0 Å². The Bertz CT molecular complexity index is 408. The zero-order chi connectivity index (χ0) is 13.1. The summed E-state index contributed by atoms with van der Waals surface area (Å²) in [6, 6.07) is 7.42. The van der Waals surface area contributed by atoms with Gasteiger partial charge in [0.1, 0.15) is 0 Å². The largest absolute Gasteiger partial charge is 0.372 e. The van der Waals surface area contributed by atoms with Crippen LogP contribution in [0.15, 0.2) is 24.3 Å². The first-order chi connectivity index (χ1) is 8.54. The third-order valence-corrected chi connectivity index (χ3v) is 3.29. The van der Waals surface area contributed by atoms with Gasteiger partial charge in [0, 0.05) is 18.1 Å². The normalized spacial score (nSPS) is 24.1. The molecule has 0 bridgehead atoms. The highest BCUT2D eigenvalue weighted by Gasteiger charge is 2.25. The molecular formula is C14H18ClNO2. The van der Waals surface area contributed by atoms with Gasteiger partial charge in [-0.3, -0.25) is 4.79 Å². The first-order valence-corrected chi connectivity index (χ1v) is 6.60. The molecule has 1 aromatic rings. The highest BCUT2D eigenvalue weighted by molar-refractivity contribution is 6.30. The van der Waals surface area contributed by atoms with Crippen molar-refractivity contribution in [3.63, 3.8) is 0 Å². The summed E-state index contributed by atoms with van der Waals surface area (Å²) in [6.07, 6.45) is 0.655. The average molecular weight is 268 g/mol. The highest BCUT2D eigenvalue weighted by Crippen LogP contribution is 2.14. The summed E-state index contributed by atoms with van der Waals surface area (Å²) in [5.41, 5.74) is 0.996. The number of halogens is 1. The predicted molar refractivity (Wildman–Crippen MR) is 71.7 cm³/mol. The number of rotatable bonds is 2. The van der Waals surface area contributed by atoms with Gasteiger partial charge in [0.15, 0.2) is 0 Å². The van der Waals surface area contributed by atoms with Gasteiger partial charge >= 0.3 is 0 Å². The molecule has 98 valence electrons. The number of benzene rings is 1. The van der Waals surface area contributed by atoms with Gasteiger partial charge in [-0.15, -0.1) is 0 Å². The fourth-order valence-corrected chi connectivity index (χ4v) is 2.40. The number of ether oxygens (including phenoxy) is 1. The van der Waals surface area contributed by atoms with E-state index in [1.54, 1.807) is 0 Å². The van der Waals surface area contributed by atoms with Gasteiger partial charge in [-0.1, -0.05) is 23.7 Å². The average Bonchev–Trinajstić information content (AvgIpc) is 2.31. The van der Waals surface area contributed by atoms with Gasteiger partial charge in [-0.05, 0) is 31.5 Å². The van der Waals surface area contributed by atoms with E-state index in [1.807, 2.05) is 43.0 Å². The van der Waals surface area contributed by atoms with Gasteiger partial charge in [0.25, 0.3) is 0 Å². The highest BCUT2D eigenvalue weighted by atomic mass is 35.5. The Morgan fingerprint density at radius 1 is 1.28 bits per heavy atom. The molecule has 1 aliphatic heterocycles. The van der Waals surface area contributed by atoms with Crippen LogP contribution in [-0.2, 0) is 16.0 Å². The van der Waals surface area contributed by atoms with Crippen LogP contribution in [0.25, 0.3) is 0 Å². The van der Waals surface area contributed by atoms with Crippen LogP contribution in [0.4, 0.5) is 0 Å². The fourth-order valence-electron chi connectivity index (χ4n) is 2.27. The minimum absolute atomic E-state index is 0.114. The summed E-state index contributed by atoms with van der Waals surface area (Å²) >= 11 is 5.82. The third-order valence-electron chi connectivity index (χ3n) is 3.04. The minimum atomic E-state index is 0.114. The number of carbonyl (C=O) groups excluding carboxylic acids is 1. The topological polar surface area (TPSA) is 29.5 Å². The van der Waals surface area contributed by atoms with Crippen LogP contribution < -0.4 is 0 Å². The molecular weight excluding hydrogens is 250 g/mol. The maximum absolute atomic E-state index is 12.2. The van der Waals surface area contributed by atoms with E-state index in [0.717, 1.165) is 5.56 Å². The van der Waals surface area contributed by atoms with Gasteiger partial charge in [-0.25, -0.2) is 0 Å². The molecule has 2 atom stereocenters. The molecule has 4 heteroatoms. The summed E-state index contributed by atoms with van der Waals surface area (Å²) in [6.45, 7) is 5.35. The molecule has 0 radical (unpaired) electrons. The standard InChI is InChI=1S/C14H18ClNO2/c1-10-8-16(9-11(2)18-10)14(17)7-12-3-5-13(15)6-4-12/h3-6,10-11H,7-9H2,1-2H3/t10-,11+. The molecule has 1 amide bonds. The van der Waals surface area contributed by atoms with Crippen LogP contribution in [0.2, 0.25) is 5.02 Å². The maximum Gasteiger partial charge on any atom is 0.227 e. The molecule has 0 spiro atoms. The summed E-state index contributed by atoms with van der Waals surface area (Å²) in [5, 5.41) is 0.694. The van der Waals surface area contributed by atoms with Crippen molar-refractivity contribution in [2.24, 2.45) is 0 Å². The van der Waals surface area contributed by atoms with Gasteiger partial charge in [0.2, 0.25) is 5.91 Å². The van der Waals surface area contributed by atoms with Crippen LogP contribution in [0, 0.1) is 0 Å². The monoisotopic (exact) mass is 267 g/mol. The Morgan fingerprint density at radius 2 is 1.83 bits per heavy atom. The third kappa shape index (κ3) is 3.47. The van der Waals surface area contributed by atoms with Crippen molar-refractivity contribution in [2.45, 2.75) is 32.5 Å². The fraction of sp³-hybridized carbons (Fsp3) is 0.500. The van der Waals surface area contributed by atoms with Crippen LogP contribution in [-0.4, -0.2) is 36.1 Å². The SMILES string of the molecule is C[C@@H]1CN(C(=O)Cc2ccc(Cl)cc2)C[C@H](C)O1. The van der Waals surface area contributed by atoms with E-state index >= 15 is 0 Å². The predicted octanol–water partition coefficient (Wildman–Crippen LogP) is 2.52. The molecule has 1 aliphatic rings. The summed E-state index contributed by atoms with van der Waals surface area (Å²) < 4.78 is 5.62. The molecule has 0 aliphatic carbocycles. The smallest absolute Gasteiger partial charge is 0.227 e. The molecule has 3 nitrogen and oxygen atoms in total. The van der Waals surface area contributed by atoms with E-state index in [1.165, 1.54) is 0 Å². The van der Waals surface area contributed by atoms with Gasteiger partial charge < -0.3 is 9.64 Å². The zero-order valence-electron chi connectivity index (χ0n) is 10.7. The second-order valence-corrected chi connectivity index (χ2v) is 5.30. The lowest BCUT2D eigenvalue weighted by Gasteiger charge is -2.35. The van der Waals surface area contributed by atoms with Crippen molar-refractivity contribution >= 4 is 17.5 Å². The number of carbonyl (C=O) groups is 1. The molecule has 0 N–H and O–H groups in total. The Hall–Kier alpha value is -1.06. The summed E-state index contributed by atoms with van der Waals surface area (Å²) in [5.74, 6) is 0.152. The number of hydrogen-bond acceptors (Lipinski definition) is 2. The Kier molecular flexibility index (Phi) is 4.25. The molecule has 1 heterocycles. The van der Waals surface area contributed by atoms with E-state index in [-0.39, 0.29) is 18.1 Å². The van der Waals surface area contributed by atoms with Crippen LogP contribution in [0.3, 0.4) is 0 Å². The van der Waals surface area contributed by atoms with Crippen molar-refractivity contribution in [1.82, 2.24) is 4.90 Å². The minimum Gasteiger partial charge on any atom is -0.372 e. The van der Waals surface area contributed by atoms with Gasteiger partial charge in [0.05, 0.1) is 18.6 Å². The molecule has 1 aromatic carbocycles.